The molecule has 0 aliphatic heterocycles. The molecule has 0 aliphatic rings. The largest absolute Gasteiger partial charge is 0.480 e. The Balaban J connectivity index is 3.83. The van der Waals surface area contributed by atoms with E-state index < -0.39 is 29.8 Å². The van der Waals surface area contributed by atoms with Crippen molar-refractivity contribution in [1.29, 1.82) is 0 Å². The summed E-state index contributed by atoms with van der Waals surface area (Å²) < 4.78 is 9.93. The molecule has 12 heteroatoms. The monoisotopic (exact) mass is 409 g/mol. The van der Waals surface area contributed by atoms with Crippen LogP contribution in [0.1, 0.15) is 52.9 Å². The number of carboxylic acids is 1. The van der Waals surface area contributed by atoms with E-state index in [0.29, 0.717) is 32.2 Å². The Bertz CT molecular complexity index is 480. The lowest BCUT2D eigenvalue weighted by Gasteiger charge is -2.22. The molecule has 2 amide bonds. The van der Waals surface area contributed by atoms with Gasteiger partial charge in [-0.15, -0.1) is 0 Å². The second kappa shape index (κ2) is 13.9. The lowest BCUT2D eigenvalue weighted by atomic mass is 10.1. The molecule has 0 saturated heterocycles. The summed E-state index contributed by atoms with van der Waals surface area (Å²) in [5.74, 6) is -1.16. The minimum Gasteiger partial charge on any atom is -0.480 e. The van der Waals surface area contributed by atoms with Crippen molar-refractivity contribution in [3.63, 3.8) is 0 Å². The summed E-state index contributed by atoms with van der Waals surface area (Å²) in [5, 5.41) is 30.2. The number of ether oxygens (including phenoxy) is 2. The molecule has 0 aromatic rings. The Labute approximate surface area is 163 Å². The van der Waals surface area contributed by atoms with Crippen molar-refractivity contribution in [2.45, 2.75) is 64.5 Å². The summed E-state index contributed by atoms with van der Waals surface area (Å²) in [6, 6.07) is -1.07. The predicted molar refractivity (Wildman–Crippen MR) is 94.6 cm³/mol. The van der Waals surface area contributed by atoms with Crippen LogP contribution in [0, 0.1) is 0 Å². The van der Waals surface area contributed by atoms with E-state index in [1.54, 1.807) is 20.8 Å². The molecule has 0 rings (SSSR count). The number of hydrogen-bond donors (Lipinski definition) is 5. The van der Waals surface area contributed by atoms with E-state index in [-0.39, 0.29) is 25.0 Å². The number of alkyl carbamates (subject to hydrolysis) is 2. The Morgan fingerprint density at radius 3 is 2.21 bits per heavy atom. The number of carbonyl (C=O) groups excluding carboxylic acids is 2. The third kappa shape index (κ3) is 16.1. The molecule has 28 heavy (non-hydrogen) atoms. The summed E-state index contributed by atoms with van der Waals surface area (Å²) in [6.07, 6.45) is 0.711. The van der Waals surface area contributed by atoms with Gasteiger partial charge in [-0.05, 0) is 52.9 Å². The third-order valence-electron chi connectivity index (χ3n) is 3.16. The first kappa shape index (κ1) is 25.9. The van der Waals surface area contributed by atoms with E-state index in [1.165, 1.54) is 0 Å². The van der Waals surface area contributed by atoms with Crippen molar-refractivity contribution in [1.82, 2.24) is 16.0 Å². The van der Waals surface area contributed by atoms with Crippen LogP contribution in [0.5, 0.6) is 0 Å². The van der Waals surface area contributed by atoms with E-state index >= 15 is 0 Å². The molecule has 1 unspecified atom stereocenters. The maximum absolute atomic E-state index is 11.6. The molecular formula is C16H31N3O9. The first-order valence-corrected chi connectivity index (χ1v) is 8.95. The topological polar surface area (TPSA) is 167 Å². The minimum absolute atomic E-state index is 0.0695. The number of carbonyl (C=O) groups is 3. The molecule has 0 radical (unpaired) electrons. The van der Waals surface area contributed by atoms with E-state index in [4.69, 9.17) is 25.0 Å². The van der Waals surface area contributed by atoms with Gasteiger partial charge in [0, 0.05) is 6.54 Å². The van der Waals surface area contributed by atoms with Gasteiger partial charge in [0.25, 0.3) is 0 Å². The number of aliphatic carboxylic acids is 1. The van der Waals surface area contributed by atoms with Gasteiger partial charge in [-0.3, -0.25) is 15.3 Å². The fourth-order valence-electron chi connectivity index (χ4n) is 1.94. The highest BCUT2D eigenvalue weighted by Gasteiger charge is 2.23. The first-order chi connectivity index (χ1) is 13.0. The van der Waals surface area contributed by atoms with Crippen LogP contribution in [0.15, 0.2) is 0 Å². The van der Waals surface area contributed by atoms with Crippen molar-refractivity contribution in [3.8, 4) is 0 Å². The van der Waals surface area contributed by atoms with Crippen LogP contribution in [0.25, 0.3) is 0 Å². The molecule has 0 aromatic carbocycles. The van der Waals surface area contributed by atoms with E-state index in [0.717, 1.165) is 0 Å². The lowest BCUT2D eigenvalue weighted by Crippen LogP contribution is -2.43. The van der Waals surface area contributed by atoms with Crippen LogP contribution in [0.2, 0.25) is 0 Å². The van der Waals surface area contributed by atoms with Crippen molar-refractivity contribution < 1.29 is 44.2 Å². The molecule has 0 spiro atoms. The summed E-state index contributed by atoms with van der Waals surface area (Å²) in [4.78, 5) is 38.6. The fraction of sp³-hybridized carbons (Fsp3) is 0.812. The van der Waals surface area contributed by atoms with Crippen molar-refractivity contribution >= 4 is 18.2 Å². The molecule has 164 valence electrons. The average molecular weight is 409 g/mol. The van der Waals surface area contributed by atoms with Crippen molar-refractivity contribution in [2.75, 3.05) is 19.8 Å². The number of amides is 2. The summed E-state index contributed by atoms with van der Waals surface area (Å²) in [5.41, 5.74) is -0.720. The number of nitrogens with one attached hydrogen (secondary N) is 2. The number of nitrogens with zero attached hydrogens (tertiary/aromatic N) is 1. The highest BCUT2D eigenvalue weighted by molar-refractivity contribution is 5.79. The maximum Gasteiger partial charge on any atom is 0.408 e. The molecule has 5 N–H and O–H groups in total. The summed E-state index contributed by atoms with van der Waals surface area (Å²) in [7, 11) is 0. The standard InChI is InChI=1S/C16H31N3O9/c1-16(2,3)28-15(23)18-12(13(20)21)8-4-5-9-17-14(22)26-10-6-7-11-27-19(24)25/h12,24-25H,4-11H2,1-3H3,(H,17,22)(H,18,23)(H,20,21). The van der Waals surface area contributed by atoms with Gasteiger partial charge in [-0.1, -0.05) is 0 Å². The summed E-state index contributed by atoms with van der Waals surface area (Å²) >= 11 is 0. The highest BCUT2D eigenvalue weighted by Crippen LogP contribution is 2.08. The zero-order valence-electron chi connectivity index (χ0n) is 16.5. The Morgan fingerprint density at radius 2 is 1.64 bits per heavy atom. The van der Waals surface area contributed by atoms with Gasteiger partial charge in [-0.25, -0.2) is 14.4 Å². The average Bonchev–Trinajstić information content (AvgIpc) is 2.54. The molecule has 12 nitrogen and oxygen atoms in total. The summed E-state index contributed by atoms with van der Waals surface area (Å²) in [6.45, 7) is 5.55. The van der Waals surface area contributed by atoms with Crippen LogP contribution in [0.3, 0.4) is 0 Å². The fourth-order valence-corrected chi connectivity index (χ4v) is 1.94. The SMILES string of the molecule is CC(C)(C)OC(=O)NC(CCCCNC(=O)OCCCCON(O)O)C(=O)O. The number of hydrogen-bond acceptors (Lipinski definition) is 9. The normalized spacial score (nSPS) is 12.4. The molecule has 1 atom stereocenters. The maximum atomic E-state index is 11.6. The van der Waals surface area contributed by atoms with Crippen LogP contribution >= 0.6 is 0 Å². The molecule has 0 bridgehead atoms. The van der Waals surface area contributed by atoms with Crippen molar-refractivity contribution in [3.05, 3.63) is 0 Å². The first-order valence-electron chi connectivity index (χ1n) is 8.95. The van der Waals surface area contributed by atoms with Gasteiger partial charge in [0.15, 0.2) is 0 Å². The second-order valence-electron chi connectivity index (χ2n) is 6.89. The molecule has 0 aliphatic carbocycles. The molecule has 0 fully saturated rings. The number of rotatable bonds is 13. The van der Waals surface area contributed by atoms with Crippen LogP contribution in [-0.4, -0.2) is 70.5 Å². The van der Waals surface area contributed by atoms with E-state index in [9.17, 15) is 14.4 Å². The Morgan fingerprint density at radius 1 is 1.00 bits per heavy atom. The minimum atomic E-state index is -1.16. The lowest BCUT2D eigenvalue weighted by molar-refractivity contribution is -0.492. The quantitative estimate of drug-likeness (QED) is 0.223. The van der Waals surface area contributed by atoms with Gasteiger partial charge < -0.3 is 25.2 Å². The van der Waals surface area contributed by atoms with Crippen LogP contribution < -0.4 is 10.6 Å². The highest BCUT2D eigenvalue weighted by atomic mass is 17.1. The zero-order chi connectivity index (χ0) is 21.6. The van der Waals surface area contributed by atoms with E-state index in [2.05, 4.69) is 15.5 Å². The zero-order valence-corrected chi connectivity index (χ0v) is 16.5. The molecule has 0 heterocycles. The number of unbranched alkanes of at least 4 members (excludes halogenated alkanes) is 2. The van der Waals surface area contributed by atoms with Crippen LogP contribution in [-0.2, 0) is 19.1 Å². The Hall–Kier alpha value is -2.15. The Kier molecular flexibility index (Phi) is 12.9. The van der Waals surface area contributed by atoms with Gasteiger partial charge in [0.05, 0.1) is 18.6 Å². The smallest absolute Gasteiger partial charge is 0.408 e. The van der Waals surface area contributed by atoms with Crippen LogP contribution in [0.4, 0.5) is 9.59 Å². The molecular weight excluding hydrogens is 378 g/mol. The second-order valence-corrected chi connectivity index (χ2v) is 6.89. The van der Waals surface area contributed by atoms with Crippen molar-refractivity contribution in [2.24, 2.45) is 0 Å². The van der Waals surface area contributed by atoms with Gasteiger partial charge in [-0.2, -0.15) is 0 Å². The van der Waals surface area contributed by atoms with Gasteiger partial charge in [0.1, 0.15) is 11.6 Å². The van der Waals surface area contributed by atoms with Gasteiger partial charge in [0.2, 0.25) is 0 Å². The molecule has 0 aromatic heterocycles. The van der Waals surface area contributed by atoms with Gasteiger partial charge >= 0.3 is 18.2 Å². The third-order valence-corrected chi connectivity index (χ3v) is 3.16. The van der Waals surface area contributed by atoms with E-state index in [1.807, 2.05) is 0 Å². The molecule has 0 saturated carbocycles. The number of carboxylic acid groups (broad SMARTS) is 1. The predicted octanol–water partition coefficient (Wildman–Crippen LogP) is 1.65.